The van der Waals surface area contributed by atoms with Gasteiger partial charge in [0.2, 0.25) is 0 Å². The summed E-state index contributed by atoms with van der Waals surface area (Å²) >= 11 is 0. The van der Waals surface area contributed by atoms with E-state index in [9.17, 15) is 4.79 Å². The Bertz CT molecular complexity index is 1110. The topological polar surface area (TPSA) is 42.0 Å². The van der Waals surface area contributed by atoms with Crippen LogP contribution >= 0.6 is 0 Å². The van der Waals surface area contributed by atoms with Crippen molar-refractivity contribution in [3.05, 3.63) is 84.4 Å². The quantitative estimate of drug-likeness (QED) is 0.390. The second-order valence-corrected chi connectivity index (χ2v) is 9.37. The molecule has 0 aromatic heterocycles. The molecule has 1 unspecified atom stereocenters. The third-order valence-electron chi connectivity index (χ3n) is 7.20. The minimum atomic E-state index is -0.614. The Balaban J connectivity index is 1.34. The molecule has 0 spiro atoms. The summed E-state index contributed by atoms with van der Waals surface area (Å²) in [6.45, 7) is 6.98. The second-order valence-electron chi connectivity index (χ2n) is 9.37. The number of benzene rings is 3. The zero-order valence-electron chi connectivity index (χ0n) is 21.1. The first-order chi connectivity index (χ1) is 17.0. The van der Waals surface area contributed by atoms with Crippen LogP contribution < -0.4 is 9.64 Å². The number of nitrogens with zero attached hydrogens (tertiary/aromatic N) is 2. The van der Waals surface area contributed by atoms with Crippen molar-refractivity contribution in [1.82, 2.24) is 4.90 Å². The van der Waals surface area contributed by atoms with Crippen molar-refractivity contribution < 1.29 is 14.3 Å². The van der Waals surface area contributed by atoms with Crippen LogP contribution in [0.3, 0.4) is 0 Å². The first-order valence-electron chi connectivity index (χ1n) is 12.4. The lowest BCUT2D eigenvalue weighted by molar-refractivity contribution is -0.147. The van der Waals surface area contributed by atoms with Crippen LogP contribution in [-0.4, -0.2) is 57.8 Å². The monoisotopic (exact) mass is 472 g/mol. The molecule has 1 atom stereocenters. The average molecular weight is 473 g/mol. The standard InChI is InChI=1S/C30H36N2O3/c1-30(29(33)35-3,25-12-5-4-6-13-25)17-10-18-31-19-21-32(22-20-31)26-14-9-11-24(23-26)27-15-7-8-16-28(27)34-2/h4-9,11-16,23H,10,17-22H2,1-3H3. The van der Waals surface area contributed by atoms with Gasteiger partial charge in [-0.25, -0.2) is 0 Å². The van der Waals surface area contributed by atoms with E-state index in [2.05, 4.69) is 40.1 Å². The van der Waals surface area contributed by atoms with E-state index in [-0.39, 0.29) is 5.97 Å². The Kier molecular flexibility index (Phi) is 8.09. The largest absolute Gasteiger partial charge is 0.496 e. The molecule has 35 heavy (non-hydrogen) atoms. The lowest BCUT2D eigenvalue weighted by Crippen LogP contribution is -2.47. The van der Waals surface area contributed by atoms with E-state index >= 15 is 0 Å². The number of anilines is 1. The molecule has 184 valence electrons. The lowest BCUT2D eigenvalue weighted by Gasteiger charge is -2.37. The number of piperazine rings is 1. The van der Waals surface area contributed by atoms with E-state index in [0.717, 1.165) is 62.4 Å². The molecule has 0 amide bonds. The van der Waals surface area contributed by atoms with Crippen LogP contribution in [0.5, 0.6) is 5.75 Å². The Morgan fingerprint density at radius 2 is 1.60 bits per heavy atom. The predicted octanol–water partition coefficient (Wildman–Crippen LogP) is 5.40. The molecule has 1 heterocycles. The van der Waals surface area contributed by atoms with Crippen LogP contribution in [0.4, 0.5) is 5.69 Å². The molecule has 1 aliphatic rings. The Hall–Kier alpha value is -3.31. The summed E-state index contributed by atoms with van der Waals surface area (Å²) in [6, 6.07) is 26.9. The fourth-order valence-corrected chi connectivity index (χ4v) is 5.03. The van der Waals surface area contributed by atoms with Gasteiger partial charge in [0.05, 0.1) is 19.6 Å². The van der Waals surface area contributed by atoms with Crippen molar-refractivity contribution in [2.75, 3.05) is 51.8 Å². The van der Waals surface area contributed by atoms with Crippen molar-refractivity contribution in [2.45, 2.75) is 25.2 Å². The van der Waals surface area contributed by atoms with Crippen LogP contribution in [0, 0.1) is 0 Å². The van der Waals surface area contributed by atoms with E-state index in [1.54, 1.807) is 7.11 Å². The highest BCUT2D eigenvalue weighted by molar-refractivity contribution is 5.82. The number of ether oxygens (including phenoxy) is 2. The molecule has 1 fully saturated rings. The smallest absolute Gasteiger partial charge is 0.315 e. The molecule has 0 saturated carbocycles. The fraction of sp³-hybridized carbons (Fsp3) is 0.367. The number of esters is 1. The number of carbonyl (C=O) groups excluding carboxylic acids is 1. The van der Waals surface area contributed by atoms with E-state index < -0.39 is 5.41 Å². The third-order valence-corrected chi connectivity index (χ3v) is 7.20. The molecule has 4 rings (SSSR count). The summed E-state index contributed by atoms with van der Waals surface area (Å²) in [7, 11) is 3.20. The summed E-state index contributed by atoms with van der Waals surface area (Å²) < 4.78 is 10.7. The maximum atomic E-state index is 12.6. The van der Waals surface area contributed by atoms with Gasteiger partial charge in [-0.2, -0.15) is 0 Å². The first kappa shape index (κ1) is 24.8. The molecule has 3 aromatic rings. The molecular formula is C30H36N2O3. The maximum absolute atomic E-state index is 12.6. The second kappa shape index (κ2) is 11.4. The predicted molar refractivity (Wildman–Crippen MR) is 142 cm³/mol. The van der Waals surface area contributed by atoms with Crippen LogP contribution in [-0.2, 0) is 14.9 Å². The lowest BCUT2D eigenvalue weighted by atomic mass is 9.78. The number of carbonyl (C=O) groups is 1. The molecule has 0 aliphatic carbocycles. The summed E-state index contributed by atoms with van der Waals surface area (Å²) in [5.41, 5.74) is 3.94. The fourth-order valence-electron chi connectivity index (χ4n) is 5.03. The van der Waals surface area contributed by atoms with Crippen molar-refractivity contribution in [3.63, 3.8) is 0 Å². The van der Waals surface area contributed by atoms with E-state index in [4.69, 9.17) is 9.47 Å². The summed E-state index contributed by atoms with van der Waals surface area (Å²) in [4.78, 5) is 17.6. The molecule has 0 radical (unpaired) electrons. The van der Waals surface area contributed by atoms with Crippen molar-refractivity contribution in [1.29, 1.82) is 0 Å². The number of hydrogen-bond donors (Lipinski definition) is 0. The van der Waals surface area contributed by atoms with Crippen molar-refractivity contribution in [3.8, 4) is 16.9 Å². The molecule has 5 nitrogen and oxygen atoms in total. The summed E-state index contributed by atoms with van der Waals surface area (Å²) in [5.74, 6) is 0.729. The Morgan fingerprint density at radius 1 is 0.886 bits per heavy atom. The van der Waals surface area contributed by atoms with Gasteiger partial charge in [0.25, 0.3) is 0 Å². The normalized spacial score (nSPS) is 15.9. The Labute approximate surface area is 209 Å². The highest BCUT2D eigenvalue weighted by Crippen LogP contribution is 2.33. The van der Waals surface area contributed by atoms with E-state index in [1.165, 1.54) is 18.4 Å². The molecule has 0 N–H and O–H groups in total. The number of para-hydroxylation sites is 1. The zero-order chi connectivity index (χ0) is 24.7. The van der Waals surface area contributed by atoms with Gasteiger partial charge >= 0.3 is 5.97 Å². The van der Waals surface area contributed by atoms with Crippen LogP contribution in [0.25, 0.3) is 11.1 Å². The van der Waals surface area contributed by atoms with Gasteiger partial charge in [0.15, 0.2) is 0 Å². The number of hydrogen-bond acceptors (Lipinski definition) is 5. The summed E-state index contributed by atoms with van der Waals surface area (Å²) in [6.07, 6.45) is 1.72. The van der Waals surface area contributed by atoms with Gasteiger partial charge in [0.1, 0.15) is 5.75 Å². The maximum Gasteiger partial charge on any atom is 0.315 e. The van der Waals surface area contributed by atoms with Crippen LogP contribution in [0.2, 0.25) is 0 Å². The number of rotatable bonds is 9. The Morgan fingerprint density at radius 3 is 2.31 bits per heavy atom. The third kappa shape index (κ3) is 5.68. The molecular weight excluding hydrogens is 436 g/mol. The highest BCUT2D eigenvalue weighted by atomic mass is 16.5. The minimum absolute atomic E-state index is 0.163. The number of methoxy groups -OCH3 is 2. The molecule has 5 heteroatoms. The van der Waals surface area contributed by atoms with Gasteiger partial charge in [-0.05, 0) is 55.6 Å². The van der Waals surface area contributed by atoms with Gasteiger partial charge < -0.3 is 14.4 Å². The molecule has 0 bridgehead atoms. The van der Waals surface area contributed by atoms with Gasteiger partial charge in [-0.15, -0.1) is 0 Å². The van der Waals surface area contributed by atoms with Crippen molar-refractivity contribution >= 4 is 11.7 Å². The minimum Gasteiger partial charge on any atom is -0.496 e. The van der Waals surface area contributed by atoms with Crippen molar-refractivity contribution in [2.24, 2.45) is 0 Å². The average Bonchev–Trinajstić information content (AvgIpc) is 2.93. The molecule has 3 aromatic carbocycles. The van der Waals surface area contributed by atoms with E-state index in [1.807, 2.05) is 55.5 Å². The highest BCUT2D eigenvalue weighted by Gasteiger charge is 2.36. The van der Waals surface area contributed by atoms with Gasteiger partial charge in [-0.3, -0.25) is 9.69 Å². The van der Waals surface area contributed by atoms with Crippen LogP contribution in [0.15, 0.2) is 78.9 Å². The van der Waals surface area contributed by atoms with E-state index in [0.29, 0.717) is 0 Å². The molecule has 1 saturated heterocycles. The van der Waals surface area contributed by atoms with Gasteiger partial charge in [-0.1, -0.05) is 60.7 Å². The van der Waals surface area contributed by atoms with Gasteiger partial charge in [0, 0.05) is 37.4 Å². The van der Waals surface area contributed by atoms with Crippen LogP contribution in [0.1, 0.15) is 25.3 Å². The summed E-state index contributed by atoms with van der Waals surface area (Å²) in [5, 5.41) is 0. The zero-order valence-corrected chi connectivity index (χ0v) is 21.1. The molecule has 1 aliphatic heterocycles. The first-order valence-corrected chi connectivity index (χ1v) is 12.4. The SMILES string of the molecule is COC(=O)C(C)(CCCN1CCN(c2cccc(-c3ccccc3OC)c2)CC1)c1ccccc1.